The Morgan fingerprint density at radius 2 is 2.21 bits per heavy atom. The first-order valence-corrected chi connectivity index (χ1v) is 6.67. The highest BCUT2D eigenvalue weighted by atomic mass is 16.5. The second-order valence-corrected chi connectivity index (χ2v) is 4.96. The van der Waals surface area contributed by atoms with Crippen molar-refractivity contribution in [3.63, 3.8) is 0 Å². The van der Waals surface area contributed by atoms with Crippen LogP contribution in [-0.2, 0) is 12.8 Å². The molecule has 0 aliphatic heterocycles. The number of hydrogen-bond donors (Lipinski definition) is 1. The molecule has 1 aromatic carbocycles. The Kier molecular flexibility index (Phi) is 3.36. The Labute approximate surface area is 113 Å². The van der Waals surface area contributed by atoms with E-state index >= 15 is 0 Å². The molecule has 0 spiro atoms. The molecule has 1 unspecified atom stereocenters. The highest BCUT2D eigenvalue weighted by Gasteiger charge is 2.18. The number of aryl methyl sites for hydroxylation is 1. The van der Waals surface area contributed by atoms with Crippen LogP contribution in [0, 0.1) is 0 Å². The molecule has 0 saturated heterocycles. The minimum absolute atomic E-state index is 0.476. The molecule has 1 atom stereocenters. The first-order valence-electron chi connectivity index (χ1n) is 6.67. The van der Waals surface area contributed by atoms with Crippen LogP contribution < -0.4 is 10.1 Å². The van der Waals surface area contributed by atoms with Crippen molar-refractivity contribution in [3.8, 4) is 5.75 Å². The van der Waals surface area contributed by atoms with Gasteiger partial charge in [-0.05, 0) is 54.7 Å². The summed E-state index contributed by atoms with van der Waals surface area (Å²) in [5.41, 5.74) is 3.94. The normalized spacial score (nSPS) is 17.6. The molecule has 0 bridgehead atoms. The van der Waals surface area contributed by atoms with Crippen molar-refractivity contribution in [1.82, 2.24) is 4.98 Å². The third-order valence-corrected chi connectivity index (χ3v) is 3.67. The first kappa shape index (κ1) is 12.0. The number of benzene rings is 1. The van der Waals surface area contributed by atoms with Crippen molar-refractivity contribution in [3.05, 3.63) is 53.9 Å². The van der Waals surface area contributed by atoms with Crippen LogP contribution >= 0.6 is 0 Å². The number of ether oxygens (including phenoxy) is 1. The van der Waals surface area contributed by atoms with Gasteiger partial charge in [-0.2, -0.15) is 0 Å². The lowest BCUT2D eigenvalue weighted by molar-refractivity contribution is 0.413. The van der Waals surface area contributed by atoms with Crippen LogP contribution in [-0.4, -0.2) is 18.1 Å². The summed E-state index contributed by atoms with van der Waals surface area (Å²) in [6.07, 6.45) is 7.00. The molecule has 1 aliphatic rings. The summed E-state index contributed by atoms with van der Waals surface area (Å²) in [4.78, 5) is 4.14. The molecule has 98 valence electrons. The van der Waals surface area contributed by atoms with E-state index in [1.807, 2.05) is 18.3 Å². The predicted octanol–water partition coefficient (Wildman–Crippen LogP) is 3.06. The topological polar surface area (TPSA) is 34.1 Å². The maximum absolute atomic E-state index is 5.30. The minimum atomic E-state index is 0.476. The Hall–Kier alpha value is -2.03. The van der Waals surface area contributed by atoms with E-state index in [0.717, 1.165) is 30.7 Å². The smallest absolute Gasteiger partial charge is 0.119 e. The lowest BCUT2D eigenvalue weighted by Gasteiger charge is -2.26. The Bertz CT molecular complexity index is 554. The third kappa shape index (κ3) is 2.70. The third-order valence-electron chi connectivity index (χ3n) is 3.67. The lowest BCUT2D eigenvalue weighted by Crippen LogP contribution is -2.27. The van der Waals surface area contributed by atoms with Gasteiger partial charge in [0.2, 0.25) is 0 Å². The van der Waals surface area contributed by atoms with Gasteiger partial charge in [0.1, 0.15) is 5.75 Å². The summed E-state index contributed by atoms with van der Waals surface area (Å²) in [6.45, 7) is 0. The van der Waals surface area contributed by atoms with Gasteiger partial charge in [0.05, 0.1) is 12.8 Å². The number of hydrogen-bond acceptors (Lipinski definition) is 3. The molecule has 1 aromatic heterocycles. The molecule has 3 rings (SSSR count). The van der Waals surface area contributed by atoms with Crippen LogP contribution in [0.5, 0.6) is 5.75 Å². The summed E-state index contributed by atoms with van der Waals surface area (Å²) in [7, 11) is 1.72. The van der Waals surface area contributed by atoms with Gasteiger partial charge < -0.3 is 10.1 Å². The van der Waals surface area contributed by atoms with Gasteiger partial charge in [-0.25, -0.2) is 0 Å². The number of rotatable bonds is 3. The van der Waals surface area contributed by atoms with Crippen molar-refractivity contribution in [2.24, 2.45) is 0 Å². The molecule has 0 saturated carbocycles. The van der Waals surface area contributed by atoms with Crippen molar-refractivity contribution in [2.75, 3.05) is 12.4 Å². The fourth-order valence-electron chi connectivity index (χ4n) is 2.67. The fraction of sp³-hybridized carbons (Fsp3) is 0.312. The summed E-state index contributed by atoms with van der Waals surface area (Å²) < 4.78 is 5.30. The Balaban J connectivity index is 1.74. The molecule has 0 amide bonds. The second-order valence-electron chi connectivity index (χ2n) is 4.96. The van der Waals surface area contributed by atoms with Crippen LogP contribution in [0.3, 0.4) is 0 Å². The average molecular weight is 254 g/mol. The highest BCUT2D eigenvalue weighted by Crippen LogP contribution is 2.26. The molecule has 0 radical (unpaired) electrons. The van der Waals surface area contributed by atoms with Gasteiger partial charge in [-0.1, -0.05) is 6.07 Å². The van der Waals surface area contributed by atoms with Crippen molar-refractivity contribution < 1.29 is 4.74 Å². The molecule has 1 heterocycles. The molecular formula is C16H18N2O. The molecule has 0 fully saturated rings. The van der Waals surface area contributed by atoms with Crippen LogP contribution in [0.1, 0.15) is 17.5 Å². The predicted molar refractivity (Wildman–Crippen MR) is 76.7 cm³/mol. The lowest BCUT2D eigenvalue weighted by atomic mass is 9.88. The molecule has 2 aromatic rings. The summed E-state index contributed by atoms with van der Waals surface area (Å²) in [6, 6.07) is 10.9. The number of fused-ring (bicyclic) bond motifs is 1. The molecule has 3 heteroatoms. The largest absolute Gasteiger partial charge is 0.497 e. The first-order chi connectivity index (χ1) is 9.35. The zero-order valence-corrected chi connectivity index (χ0v) is 11.1. The van der Waals surface area contributed by atoms with Crippen LogP contribution in [0.2, 0.25) is 0 Å². The zero-order chi connectivity index (χ0) is 13.1. The van der Waals surface area contributed by atoms with Crippen molar-refractivity contribution in [1.29, 1.82) is 0 Å². The van der Waals surface area contributed by atoms with Crippen molar-refractivity contribution in [2.45, 2.75) is 25.3 Å². The van der Waals surface area contributed by atoms with Crippen LogP contribution in [0.15, 0.2) is 42.7 Å². The molecule has 1 aliphatic carbocycles. The maximum atomic E-state index is 5.30. The monoisotopic (exact) mass is 254 g/mol. The van der Waals surface area contributed by atoms with Gasteiger partial charge in [0.15, 0.2) is 0 Å². The number of aromatic nitrogens is 1. The number of pyridine rings is 1. The summed E-state index contributed by atoms with van der Waals surface area (Å²) >= 11 is 0. The molecule has 1 N–H and O–H groups in total. The SMILES string of the molecule is COc1ccc2c(c1)CC(Nc1cccnc1)CC2. The Morgan fingerprint density at radius 1 is 1.26 bits per heavy atom. The Morgan fingerprint density at radius 3 is 3.00 bits per heavy atom. The van der Waals surface area contributed by atoms with Gasteiger partial charge in [0, 0.05) is 18.4 Å². The van der Waals surface area contributed by atoms with E-state index < -0.39 is 0 Å². The maximum Gasteiger partial charge on any atom is 0.119 e. The van der Waals surface area contributed by atoms with Gasteiger partial charge in [-0.15, -0.1) is 0 Å². The van der Waals surface area contributed by atoms with E-state index in [2.05, 4.69) is 28.5 Å². The van der Waals surface area contributed by atoms with E-state index in [9.17, 15) is 0 Å². The van der Waals surface area contributed by atoms with Crippen LogP contribution in [0.4, 0.5) is 5.69 Å². The van der Waals surface area contributed by atoms with Gasteiger partial charge in [-0.3, -0.25) is 4.98 Å². The summed E-state index contributed by atoms with van der Waals surface area (Å²) in [5.74, 6) is 0.945. The number of methoxy groups -OCH3 is 1. The zero-order valence-electron chi connectivity index (χ0n) is 11.1. The second kappa shape index (κ2) is 5.31. The average Bonchev–Trinajstić information content (AvgIpc) is 2.47. The van der Waals surface area contributed by atoms with Gasteiger partial charge >= 0.3 is 0 Å². The van der Waals surface area contributed by atoms with E-state index in [1.54, 1.807) is 13.3 Å². The van der Waals surface area contributed by atoms with E-state index in [-0.39, 0.29) is 0 Å². The number of nitrogens with zero attached hydrogens (tertiary/aromatic N) is 1. The van der Waals surface area contributed by atoms with E-state index in [1.165, 1.54) is 11.1 Å². The van der Waals surface area contributed by atoms with E-state index in [4.69, 9.17) is 4.74 Å². The minimum Gasteiger partial charge on any atom is -0.497 e. The highest BCUT2D eigenvalue weighted by molar-refractivity contribution is 5.44. The molecule has 19 heavy (non-hydrogen) atoms. The number of anilines is 1. The van der Waals surface area contributed by atoms with Crippen LogP contribution in [0.25, 0.3) is 0 Å². The summed E-state index contributed by atoms with van der Waals surface area (Å²) in [5, 5.41) is 3.56. The quantitative estimate of drug-likeness (QED) is 0.914. The van der Waals surface area contributed by atoms with E-state index in [0.29, 0.717) is 6.04 Å². The molecule has 3 nitrogen and oxygen atoms in total. The van der Waals surface area contributed by atoms with Gasteiger partial charge in [0.25, 0.3) is 0 Å². The van der Waals surface area contributed by atoms with Crippen molar-refractivity contribution >= 4 is 5.69 Å². The fourth-order valence-corrected chi connectivity index (χ4v) is 2.67. The number of nitrogens with one attached hydrogen (secondary N) is 1. The standard InChI is InChI=1S/C16H18N2O/c1-19-16-7-5-12-4-6-14(9-13(12)10-16)18-15-3-2-8-17-11-15/h2-3,5,7-8,10-11,14,18H,4,6,9H2,1H3. The molecular weight excluding hydrogens is 236 g/mol.